The van der Waals surface area contributed by atoms with Crippen LogP contribution in [0.2, 0.25) is 10.0 Å². The molecule has 0 spiro atoms. The Labute approximate surface area is 139 Å². The van der Waals surface area contributed by atoms with Gasteiger partial charge in [-0.05, 0) is 44.0 Å². The molecule has 5 nitrogen and oxygen atoms in total. The Morgan fingerprint density at radius 1 is 1.32 bits per heavy atom. The lowest BCUT2D eigenvalue weighted by Crippen LogP contribution is -2.41. The van der Waals surface area contributed by atoms with Gasteiger partial charge in [0.05, 0.1) is 16.1 Å². The van der Waals surface area contributed by atoms with E-state index >= 15 is 0 Å². The van der Waals surface area contributed by atoms with Crippen LogP contribution in [0.4, 0.5) is 0 Å². The molecule has 0 aliphatic carbocycles. The van der Waals surface area contributed by atoms with Gasteiger partial charge in [-0.15, -0.1) is 0 Å². The van der Waals surface area contributed by atoms with Gasteiger partial charge in [-0.2, -0.15) is 0 Å². The summed E-state index contributed by atoms with van der Waals surface area (Å²) in [7, 11) is 0. The Hall–Kier alpha value is -1.30. The van der Waals surface area contributed by atoms with Crippen LogP contribution < -0.4 is 11.1 Å². The molecule has 22 heavy (non-hydrogen) atoms. The molecule has 3 N–H and O–H groups in total. The number of halogens is 2. The van der Waals surface area contributed by atoms with Crippen molar-refractivity contribution in [1.82, 2.24) is 10.2 Å². The highest BCUT2D eigenvalue weighted by Gasteiger charge is 2.28. The van der Waals surface area contributed by atoms with Gasteiger partial charge in [0, 0.05) is 18.7 Å². The number of nitrogens with zero attached hydrogens (tertiary/aromatic N) is 1. The summed E-state index contributed by atoms with van der Waals surface area (Å²) in [4.78, 5) is 25.3. The Bertz CT molecular complexity index is 566. The van der Waals surface area contributed by atoms with Gasteiger partial charge < -0.3 is 11.1 Å². The van der Waals surface area contributed by atoms with Crippen LogP contribution >= 0.6 is 23.2 Å². The Morgan fingerprint density at radius 2 is 2.09 bits per heavy atom. The molecule has 1 aliphatic heterocycles. The number of primary amides is 1. The summed E-state index contributed by atoms with van der Waals surface area (Å²) in [5.74, 6) is -0.455. The number of nitrogens with one attached hydrogen (secondary N) is 1. The van der Waals surface area contributed by atoms with Crippen molar-refractivity contribution in [3.05, 3.63) is 33.8 Å². The van der Waals surface area contributed by atoms with E-state index in [-0.39, 0.29) is 17.9 Å². The van der Waals surface area contributed by atoms with E-state index in [1.165, 1.54) is 0 Å². The van der Waals surface area contributed by atoms with Gasteiger partial charge in [-0.25, -0.2) is 0 Å². The maximum Gasteiger partial charge on any atom is 0.251 e. The number of carbonyl (C=O) groups excluding carboxylic acids is 2. The number of amides is 2. The summed E-state index contributed by atoms with van der Waals surface area (Å²) in [5.41, 5.74) is 5.85. The molecule has 0 bridgehead atoms. The van der Waals surface area contributed by atoms with E-state index in [0.717, 1.165) is 32.4 Å². The molecule has 1 aromatic carbocycles. The average molecular weight is 344 g/mol. The van der Waals surface area contributed by atoms with Gasteiger partial charge in [-0.1, -0.05) is 23.2 Å². The largest absolute Gasteiger partial charge is 0.368 e. The van der Waals surface area contributed by atoms with Crippen molar-refractivity contribution >= 4 is 35.0 Å². The molecule has 0 aromatic heterocycles. The summed E-state index contributed by atoms with van der Waals surface area (Å²) < 4.78 is 0. The zero-order chi connectivity index (χ0) is 16.1. The van der Waals surface area contributed by atoms with Crippen LogP contribution in [0, 0.1) is 0 Å². The van der Waals surface area contributed by atoms with Crippen LogP contribution in [0.3, 0.4) is 0 Å². The Morgan fingerprint density at radius 3 is 2.77 bits per heavy atom. The molecule has 120 valence electrons. The molecule has 1 fully saturated rings. The fourth-order valence-corrected chi connectivity index (χ4v) is 2.94. The van der Waals surface area contributed by atoms with Crippen molar-refractivity contribution in [2.45, 2.75) is 25.3 Å². The van der Waals surface area contributed by atoms with E-state index in [1.54, 1.807) is 18.2 Å². The summed E-state index contributed by atoms with van der Waals surface area (Å²) in [6.45, 7) is 2.16. The van der Waals surface area contributed by atoms with E-state index in [1.807, 2.05) is 0 Å². The number of hydrogen-bond acceptors (Lipinski definition) is 3. The molecule has 1 atom stereocenters. The second-order valence-electron chi connectivity index (χ2n) is 5.33. The summed E-state index contributed by atoms with van der Waals surface area (Å²) >= 11 is 11.7. The van der Waals surface area contributed by atoms with Crippen LogP contribution in [0.5, 0.6) is 0 Å². The lowest BCUT2D eigenvalue weighted by molar-refractivity contribution is -0.122. The number of rotatable bonds is 6. The molecule has 1 saturated heterocycles. The summed E-state index contributed by atoms with van der Waals surface area (Å²) in [6.07, 6.45) is 2.57. The summed E-state index contributed by atoms with van der Waals surface area (Å²) in [6, 6.07) is 4.61. The monoisotopic (exact) mass is 343 g/mol. The first-order chi connectivity index (χ1) is 10.5. The van der Waals surface area contributed by atoms with Crippen molar-refractivity contribution in [1.29, 1.82) is 0 Å². The van der Waals surface area contributed by atoms with E-state index in [9.17, 15) is 9.59 Å². The first-order valence-electron chi connectivity index (χ1n) is 7.25. The number of benzene rings is 1. The standard InChI is InChI=1S/C15H19Cl2N3O2/c16-11-5-4-10(9-12(11)17)15(22)19-6-2-8-20-7-1-3-13(20)14(18)21/h4-5,9,13H,1-3,6-8H2,(H2,18,21)(H,19,22)/t13-/m1/s1. The smallest absolute Gasteiger partial charge is 0.251 e. The van der Waals surface area contributed by atoms with E-state index < -0.39 is 0 Å². The average Bonchev–Trinajstić information content (AvgIpc) is 2.95. The number of likely N-dealkylation sites (tertiary alicyclic amines) is 1. The molecule has 1 aliphatic rings. The van der Waals surface area contributed by atoms with Crippen LogP contribution in [0.25, 0.3) is 0 Å². The minimum absolute atomic E-state index is 0.161. The van der Waals surface area contributed by atoms with Crippen molar-refractivity contribution in [2.75, 3.05) is 19.6 Å². The number of hydrogen-bond donors (Lipinski definition) is 2. The SMILES string of the molecule is NC(=O)[C@H]1CCCN1CCCNC(=O)c1ccc(Cl)c(Cl)c1. The highest BCUT2D eigenvalue weighted by molar-refractivity contribution is 6.42. The molecule has 7 heteroatoms. The van der Waals surface area contributed by atoms with Crippen molar-refractivity contribution in [3.8, 4) is 0 Å². The van der Waals surface area contributed by atoms with Gasteiger partial charge in [-0.3, -0.25) is 14.5 Å². The third-order valence-electron chi connectivity index (χ3n) is 3.78. The maximum atomic E-state index is 12.0. The van der Waals surface area contributed by atoms with Crippen LogP contribution in [0.1, 0.15) is 29.6 Å². The molecule has 0 saturated carbocycles. The number of nitrogens with two attached hydrogens (primary N) is 1. The predicted octanol–water partition coefficient (Wildman–Crippen LogP) is 2.06. The van der Waals surface area contributed by atoms with E-state index in [0.29, 0.717) is 22.2 Å². The first kappa shape index (κ1) is 17.1. The maximum absolute atomic E-state index is 12.0. The molecule has 1 heterocycles. The molecule has 2 amide bonds. The quantitative estimate of drug-likeness (QED) is 0.776. The fraction of sp³-hybridized carbons (Fsp3) is 0.467. The van der Waals surface area contributed by atoms with Gasteiger partial charge in [0.2, 0.25) is 5.91 Å². The first-order valence-corrected chi connectivity index (χ1v) is 8.01. The second kappa shape index (κ2) is 7.81. The predicted molar refractivity (Wildman–Crippen MR) is 87.2 cm³/mol. The zero-order valence-corrected chi connectivity index (χ0v) is 13.7. The molecule has 0 radical (unpaired) electrons. The van der Waals surface area contributed by atoms with Crippen LogP contribution in [-0.2, 0) is 4.79 Å². The highest BCUT2D eigenvalue weighted by Crippen LogP contribution is 2.22. The molecule has 2 rings (SSSR count). The van der Waals surface area contributed by atoms with E-state index in [2.05, 4.69) is 10.2 Å². The van der Waals surface area contributed by atoms with E-state index in [4.69, 9.17) is 28.9 Å². The van der Waals surface area contributed by atoms with Gasteiger partial charge in [0.15, 0.2) is 0 Å². The molecule has 1 aromatic rings. The van der Waals surface area contributed by atoms with Gasteiger partial charge in [0.25, 0.3) is 5.91 Å². The molecular weight excluding hydrogens is 325 g/mol. The van der Waals surface area contributed by atoms with Crippen molar-refractivity contribution in [3.63, 3.8) is 0 Å². The summed E-state index contributed by atoms with van der Waals surface area (Å²) in [5, 5.41) is 3.61. The van der Waals surface area contributed by atoms with Crippen LogP contribution in [0.15, 0.2) is 18.2 Å². The van der Waals surface area contributed by atoms with Gasteiger partial charge in [0.1, 0.15) is 0 Å². The Balaban J connectivity index is 1.75. The highest BCUT2D eigenvalue weighted by atomic mass is 35.5. The van der Waals surface area contributed by atoms with Crippen molar-refractivity contribution < 1.29 is 9.59 Å². The van der Waals surface area contributed by atoms with Crippen molar-refractivity contribution in [2.24, 2.45) is 5.73 Å². The topological polar surface area (TPSA) is 75.4 Å². The minimum Gasteiger partial charge on any atom is -0.368 e. The van der Waals surface area contributed by atoms with Crippen LogP contribution in [-0.4, -0.2) is 42.4 Å². The van der Waals surface area contributed by atoms with Gasteiger partial charge >= 0.3 is 0 Å². The zero-order valence-electron chi connectivity index (χ0n) is 12.1. The Kier molecular flexibility index (Phi) is 6.06. The fourth-order valence-electron chi connectivity index (χ4n) is 2.64. The lowest BCUT2D eigenvalue weighted by atomic mass is 10.2. The number of carbonyl (C=O) groups is 2. The normalized spacial score (nSPS) is 18.4. The molecular formula is C15H19Cl2N3O2. The minimum atomic E-state index is -0.266. The lowest BCUT2D eigenvalue weighted by Gasteiger charge is -2.21. The third-order valence-corrected chi connectivity index (χ3v) is 4.52. The second-order valence-corrected chi connectivity index (χ2v) is 6.15. The molecule has 0 unspecified atom stereocenters. The third kappa shape index (κ3) is 4.35.